The van der Waals surface area contributed by atoms with Crippen molar-refractivity contribution in [1.29, 1.82) is 0 Å². The largest absolute Gasteiger partial charge is 0.478 e. The van der Waals surface area contributed by atoms with Gasteiger partial charge >= 0.3 is 5.97 Å². The van der Waals surface area contributed by atoms with Gasteiger partial charge in [-0.05, 0) is 18.2 Å². The lowest BCUT2D eigenvalue weighted by atomic mass is 10.1. The zero-order chi connectivity index (χ0) is 14.2. The van der Waals surface area contributed by atoms with E-state index < -0.39 is 17.3 Å². The van der Waals surface area contributed by atoms with E-state index in [1.807, 2.05) is 0 Å². The number of nitrogens with one attached hydrogen (secondary N) is 1. The fraction of sp³-hybridized carbons (Fsp3) is 0. The second-order valence-electron chi connectivity index (χ2n) is 3.70. The number of hydrogen-bond acceptors (Lipinski definition) is 2. The molecule has 4 nitrogen and oxygen atoms in total. The van der Waals surface area contributed by atoms with E-state index in [2.05, 4.69) is 4.98 Å². The molecule has 0 aliphatic heterocycles. The van der Waals surface area contributed by atoms with Crippen LogP contribution in [0, 0.1) is 5.82 Å². The van der Waals surface area contributed by atoms with E-state index in [-0.39, 0.29) is 26.9 Å². The van der Waals surface area contributed by atoms with Crippen LogP contribution in [0.4, 0.5) is 4.39 Å². The average Bonchev–Trinajstić information content (AvgIpc) is 2.33. The fourth-order valence-corrected chi connectivity index (χ4v) is 2.03. The van der Waals surface area contributed by atoms with E-state index in [4.69, 9.17) is 28.3 Å². The first-order valence-electron chi connectivity index (χ1n) is 5.01. The molecular formula is C12H6Cl2FNO3. The van der Waals surface area contributed by atoms with Crippen LogP contribution >= 0.6 is 23.2 Å². The Morgan fingerprint density at radius 1 is 1.16 bits per heavy atom. The molecule has 0 atom stereocenters. The van der Waals surface area contributed by atoms with E-state index in [1.54, 1.807) is 0 Å². The summed E-state index contributed by atoms with van der Waals surface area (Å²) in [6.45, 7) is 0. The quantitative estimate of drug-likeness (QED) is 0.837. The molecule has 0 spiro atoms. The van der Waals surface area contributed by atoms with Crippen molar-refractivity contribution in [1.82, 2.24) is 4.98 Å². The van der Waals surface area contributed by atoms with Gasteiger partial charge in [-0.2, -0.15) is 0 Å². The predicted octanol–water partition coefficient (Wildman–Crippen LogP) is 3.19. The summed E-state index contributed by atoms with van der Waals surface area (Å²) >= 11 is 11.5. The zero-order valence-corrected chi connectivity index (χ0v) is 10.7. The summed E-state index contributed by atoms with van der Waals surface area (Å²) in [6, 6.07) is 4.32. The molecule has 19 heavy (non-hydrogen) atoms. The second kappa shape index (κ2) is 5.03. The normalized spacial score (nSPS) is 10.5. The van der Waals surface area contributed by atoms with Crippen molar-refractivity contribution in [2.45, 2.75) is 0 Å². The molecule has 0 aliphatic carbocycles. The summed E-state index contributed by atoms with van der Waals surface area (Å²) in [5.74, 6) is -1.99. The highest BCUT2D eigenvalue weighted by atomic mass is 35.5. The van der Waals surface area contributed by atoms with Gasteiger partial charge in [0.1, 0.15) is 5.82 Å². The number of carboxylic acids is 1. The van der Waals surface area contributed by atoms with Gasteiger partial charge in [-0.1, -0.05) is 23.2 Å². The van der Waals surface area contributed by atoms with Gasteiger partial charge in [0, 0.05) is 11.6 Å². The lowest BCUT2D eigenvalue weighted by Gasteiger charge is -2.06. The molecule has 0 amide bonds. The highest BCUT2D eigenvalue weighted by molar-refractivity contribution is 6.36. The van der Waals surface area contributed by atoms with Gasteiger partial charge in [0.2, 0.25) is 5.56 Å². The maximum Gasteiger partial charge on any atom is 0.335 e. The van der Waals surface area contributed by atoms with E-state index in [0.29, 0.717) is 0 Å². The third kappa shape index (κ3) is 2.77. The molecule has 0 fully saturated rings. The summed E-state index contributed by atoms with van der Waals surface area (Å²) in [7, 11) is 0. The van der Waals surface area contributed by atoms with Crippen molar-refractivity contribution in [2.24, 2.45) is 0 Å². The van der Waals surface area contributed by atoms with E-state index in [0.717, 1.165) is 12.1 Å². The number of rotatable bonds is 2. The van der Waals surface area contributed by atoms with E-state index in [1.165, 1.54) is 12.1 Å². The van der Waals surface area contributed by atoms with Gasteiger partial charge in [-0.25, -0.2) is 9.18 Å². The minimum absolute atomic E-state index is 0.101. The zero-order valence-electron chi connectivity index (χ0n) is 9.21. The van der Waals surface area contributed by atoms with Gasteiger partial charge in [-0.15, -0.1) is 0 Å². The molecule has 0 unspecified atom stereocenters. The van der Waals surface area contributed by atoms with Crippen LogP contribution in [-0.2, 0) is 0 Å². The van der Waals surface area contributed by atoms with Crippen molar-refractivity contribution in [3.63, 3.8) is 0 Å². The number of hydrogen-bond donors (Lipinski definition) is 2. The standard InChI is InChI=1S/C12H6Cl2FNO3/c13-7-4-8(14)9(15)3-6(7)10-1-5(12(18)19)2-11(17)16-10/h1-4H,(H,16,17)(H,18,19). The van der Waals surface area contributed by atoms with Crippen molar-refractivity contribution in [3.8, 4) is 11.3 Å². The fourth-order valence-electron chi connectivity index (χ4n) is 1.54. The number of carboxylic acid groups (broad SMARTS) is 1. The van der Waals surface area contributed by atoms with Gasteiger partial charge < -0.3 is 10.1 Å². The van der Waals surface area contributed by atoms with Crippen LogP contribution in [0.5, 0.6) is 0 Å². The molecule has 1 aromatic heterocycles. The first-order chi connectivity index (χ1) is 8.88. The number of halogens is 3. The summed E-state index contributed by atoms with van der Waals surface area (Å²) in [4.78, 5) is 24.6. The Morgan fingerprint density at radius 2 is 1.84 bits per heavy atom. The number of aromatic nitrogens is 1. The first kappa shape index (κ1) is 13.6. The highest BCUT2D eigenvalue weighted by Gasteiger charge is 2.13. The van der Waals surface area contributed by atoms with Crippen LogP contribution in [-0.4, -0.2) is 16.1 Å². The second-order valence-corrected chi connectivity index (χ2v) is 4.51. The Morgan fingerprint density at radius 3 is 2.47 bits per heavy atom. The number of pyridine rings is 1. The first-order valence-corrected chi connectivity index (χ1v) is 5.76. The number of benzene rings is 1. The van der Waals surface area contributed by atoms with Crippen LogP contribution < -0.4 is 5.56 Å². The summed E-state index contributed by atoms with van der Waals surface area (Å²) in [5, 5.41) is 8.81. The minimum atomic E-state index is -1.27. The Labute approximate surface area is 116 Å². The van der Waals surface area contributed by atoms with Crippen LogP contribution in [0.15, 0.2) is 29.1 Å². The van der Waals surface area contributed by atoms with Crippen molar-refractivity contribution < 1.29 is 14.3 Å². The number of aromatic carboxylic acids is 1. The van der Waals surface area contributed by atoms with Gasteiger partial charge in [0.15, 0.2) is 0 Å². The molecule has 0 saturated heterocycles. The lowest BCUT2D eigenvalue weighted by Crippen LogP contribution is -2.10. The molecule has 1 heterocycles. The van der Waals surface area contributed by atoms with Crippen molar-refractivity contribution >= 4 is 29.2 Å². The molecular weight excluding hydrogens is 296 g/mol. The molecule has 1 aromatic carbocycles. The van der Waals surface area contributed by atoms with Crippen molar-refractivity contribution in [2.75, 3.05) is 0 Å². The molecule has 0 radical (unpaired) electrons. The van der Waals surface area contributed by atoms with Crippen LogP contribution in [0.25, 0.3) is 11.3 Å². The molecule has 7 heteroatoms. The monoisotopic (exact) mass is 301 g/mol. The highest BCUT2D eigenvalue weighted by Crippen LogP contribution is 2.31. The Hall–Kier alpha value is -1.85. The lowest BCUT2D eigenvalue weighted by molar-refractivity contribution is 0.0696. The van der Waals surface area contributed by atoms with Gasteiger partial charge in [-0.3, -0.25) is 4.79 Å². The molecule has 2 rings (SSSR count). The Kier molecular flexibility index (Phi) is 3.59. The predicted molar refractivity (Wildman–Crippen MR) is 69.4 cm³/mol. The minimum Gasteiger partial charge on any atom is -0.478 e. The number of H-pyrrole nitrogens is 1. The number of aromatic amines is 1. The van der Waals surface area contributed by atoms with Crippen LogP contribution in [0.2, 0.25) is 10.0 Å². The Bertz CT molecular complexity index is 727. The molecule has 0 saturated carbocycles. The van der Waals surface area contributed by atoms with E-state index >= 15 is 0 Å². The van der Waals surface area contributed by atoms with Crippen LogP contribution in [0.3, 0.4) is 0 Å². The summed E-state index contributed by atoms with van der Waals surface area (Å²) in [6.07, 6.45) is 0. The average molecular weight is 302 g/mol. The van der Waals surface area contributed by atoms with Crippen LogP contribution in [0.1, 0.15) is 10.4 Å². The molecule has 0 bridgehead atoms. The summed E-state index contributed by atoms with van der Waals surface area (Å²) in [5.41, 5.74) is -0.583. The molecule has 2 aromatic rings. The third-order valence-electron chi connectivity index (χ3n) is 2.39. The van der Waals surface area contributed by atoms with Crippen molar-refractivity contribution in [3.05, 3.63) is 56.0 Å². The molecule has 2 N–H and O–H groups in total. The molecule has 0 aliphatic rings. The van der Waals surface area contributed by atoms with Gasteiger partial charge in [0.05, 0.1) is 21.3 Å². The maximum absolute atomic E-state index is 13.4. The van der Waals surface area contributed by atoms with Gasteiger partial charge in [0.25, 0.3) is 0 Å². The maximum atomic E-state index is 13.4. The molecule has 98 valence electrons. The topological polar surface area (TPSA) is 70.2 Å². The van der Waals surface area contributed by atoms with E-state index in [9.17, 15) is 14.0 Å². The third-order valence-corrected chi connectivity index (χ3v) is 2.99. The summed E-state index contributed by atoms with van der Waals surface area (Å²) < 4.78 is 13.4. The Balaban J connectivity index is 2.68. The smallest absolute Gasteiger partial charge is 0.335 e. The SMILES string of the molecule is O=C(O)c1cc(-c2cc(F)c(Cl)cc2Cl)[nH]c(=O)c1. The number of carbonyl (C=O) groups is 1.